The predicted octanol–water partition coefficient (Wildman–Crippen LogP) is 3.15. The first-order valence-electron chi connectivity index (χ1n) is 14.2. The van der Waals surface area contributed by atoms with Crippen molar-refractivity contribution in [3.63, 3.8) is 0 Å². The van der Waals surface area contributed by atoms with Crippen LogP contribution in [0.2, 0.25) is 0 Å². The van der Waals surface area contributed by atoms with Crippen molar-refractivity contribution < 1.29 is 39.5 Å². The van der Waals surface area contributed by atoms with E-state index in [-0.39, 0.29) is 42.2 Å². The number of aromatic hydroxyl groups is 1. The summed E-state index contributed by atoms with van der Waals surface area (Å²) in [4.78, 5) is 40.5. The first-order valence-corrected chi connectivity index (χ1v) is 14.2. The molecule has 4 aliphatic rings. The normalized spacial score (nSPS) is 28.4. The zero-order chi connectivity index (χ0) is 28.9. The number of ether oxygens (including phenoxy) is 1. The summed E-state index contributed by atoms with van der Waals surface area (Å²) < 4.78 is 5.90. The minimum absolute atomic E-state index is 0.0450. The van der Waals surface area contributed by atoms with E-state index in [0.717, 1.165) is 50.8 Å². The third-order valence-electron chi connectivity index (χ3n) is 9.27. The SMILES string of the molecule is CCCCCCN1CCC[C@H]1c1cc(O)c2c(c1OC)CC1C[C@H]3CC(=O)C(C(N)=O)=C(O)[C@@]3(O)C(=O)C1=C2O. The summed E-state index contributed by atoms with van der Waals surface area (Å²) in [6.45, 7) is 4.07. The zero-order valence-corrected chi connectivity index (χ0v) is 23.0. The third kappa shape index (κ3) is 4.19. The van der Waals surface area contributed by atoms with Crippen molar-refractivity contribution in [1.82, 2.24) is 4.90 Å². The molecular formula is C30H38N2O8. The van der Waals surface area contributed by atoms with Gasteiger partial charge in [0.15, 0.2) is 11.4 Å². The quantitative estimate of drug-likeness (QED) is 0.239. The molecule has 0 aromatic heterocycles. The van der Waals surface area contributed by atoms with Crippen LogP contribution in [0.5, 0.6) is 11.5 Å². The molecule has 1 aromatic carbocycles. The van der Waals surface area contributed by atoms with Crippen molar-refractivity contribution in [2.75, 3.05) is 20.2 Å². The lowest BCUT2D eigenvalue weighted by atomic mass is 9.59. The number of likely N-dealkylation sites (tertiary alicyclic amines) is 1. The van der Waals surface area contributed by atoms with E-state index in [1.807, 2.05) is 0 Å². The lowest BCUT2D eigenvalue weighted by Gasteiger charge is -2.46. The summed E-state index contributed by atoms with van der Waals surface area (Å²) in [6.07, 6.45) is 6.48. The van der Waals surface area contributed by atoms with E-state index in [2.05, 4.69) is 11.8 Å². The Hall–Kier alpha value is -3.37. The van der Waals surface area contributed by atoms with Crippen LogP contribution >= 0.6 is 0 Å². The predicted molar refractivity (Wildman–Crippen MR) is 146 cm³/mol. The lowest BCUT2D eigenvalue weighted by molar-refractivity contribution is -0.147. The van der Waals surface area contributed by atoms with Crippen molar-refractivity contribution in [2.24, 2.45) is 17.6 Å². The van der Waals surface area contributed by atoms with Gasteiger partial charge in [-0.05, 0) is 57.2 Å². The molecule has 1 amide bonds. The monoisotopic (exact) mass is 554 g/mol. The van der Waals surface area contributed by atoms with Gasteiger partial charge in [-0.1, -0.05) is 26.2 Å². The number of benzene rings is 1. The van der Waals surface area contributed by atoms with Crippen molar-refractivity contribution in [3.8, 4) is 11.5 Å². The average Bonchev–Trinajstić information content (AvgIpc) is 3.36. The van der Waals surface area contributed by atoms with Gasteiger partial charge in [0.25, 0.3) is 5.91 Å². The molecule has 0 bridgehead atoms. The van der Waals surface area contributed by atoms with Crippen LogP contribution in [-0.2, 0) is 20.8 Å². The van der Waals surface area contributed by atoms with Crippen molar-refractivity contribution in [1.29, 1.82) is 0 Å². The van der Waals surface area contributed by atoms with Gasteiger partial charge in [-0.2, -0.15) is 0 Å². The molecule has 3 aliphatic carbocycles. The molecule has 0 radical (unpaired) electrons. The first-order chi connectivity index (χ1) is 19.1. The number of methoxy groups -OCH3 is 1. The third-order valence-corrected chi connectivity index (χ3v) is 9.27. The summed E-state index contributed by atoms with van der Waals surface area (Å²) in [7, 11) is 1.55. The topological polar surface area (TPSA) is 171 Å². The van der Waals surface area contributed by atoms with Crippen LogP contribution < -0.4 is 10.5 Å². The number of unbranched alkanes of at least 4 members (excludes halogenated alkanes) is 3. The average molecular weight is 555 g/mol. The van der Waals surface area contributed by atoms with Gasteiger partial charge in [0, 0.05) is 35.1 Å². The number of fused-ring (bicyclic) bond motifs is 3. The number of primary amides is 1. The number of carbonyl (C=O) groups excluding carboxylic acids is 3. The fourth-order valence-corrected chi connectivity index (χ4v) is 7.37. The van der Waals surface area contributed by atoms with Crippen LogP contribution in [0.4, 0.5) is 0 Å². The van der Waals surface area contributed by atoms with Gasteiger partial charge in [-0.15, -0.1) is 0 Å². The zero-order valence-electron chi connectivity index (χ0n) is 23.0. The molecular weight excluding hydrogens is 516 g/mol. The highest BCUT2D eigenvalue weighted by atomic mass is 16.5. The number of nitrogens with two attached hydrogens (primary N) is 1. The Labute approximate surface area is 233 Å². The van der Waals surface area contributed by atoms with Crippen LogP contribution in [0.15, 0.2) is 23.0 Å². The Balaban J connectivity index is 1.57. The number of carbonyl (C=O) groups is 3. The molecule has 1 unspecified atom stereocenters. The van der Waals surface area contributed by atoms with E-state index in [4.69, 9.17) is 10.5 Å². The van der Waals surface area contributed by atoms with E-state index in [1.165, 1.54) is 6.42 Å². The molecule has 40 heavy (non-hydrogen) atoms. The van der Waals surface area contributed by atoms with Crippen molar-refractivity contribution in [2.45, 2.75) is 76.4 Å². The minimum atomic E-state index is -2.57. The van der Waals surface area contributed by atoms with E-state index >= 15 is 0 Å². The minimum Gasteiger partial charge on any atom is -0.508 e. The Morgan fingerprint density at radius 2 is 1.93 bits per heavy atom. The number of nitrogens with zero attached hydrogens (tertiary/aromatic N) is 1. The second kappa shape index (κ2) is 10.6. The smallest absolute Gasteiger partial charge is 0.255 e. The van der Waals surface area contributed by atoms with E-state index in [9.17, 15) is 34.8 Å². The number of phenolic OH excluding ortho intramolecular Hbond substituents is 1. The number of aliphatic hydroxyl groups is 3. The Kier molecular flexibility index (Phi) is 7.43. The van der Waals surface area contributed by atoms with Gasteiger partial charge in [0.1, 0.15) is 28.6 Å². The fourth-order valence-electron chi connectivity index (χ4n) is 7.37. The molecule has 1 saturated heterocycles. The van der Waals surface area contributed by atoms with E-state index in [1.54, 1.807) is 13.2 Å². The lowest BCUT2D eigenvalue weighted by Crippen LogP contribution is -2.58. The number of amides is 1. The summed E-state index contributed by atoms with van der Waals surface area (Å²) in [5.41, 5.74) is 3.19. The maximum absolute atomic E-state index is 13.7. The number of Topliss-reactive ketones (excluding diaryl/α,β-unsaturated/α-hetero) is 2. The Bertz CT molecular complexity index is 1330. The van der Waals surface area contributed by atoms with Crippen LogP contribution in [0.25, 0.3) is 5.76 Å². The number of ketones is 2. The number of hydrogen-bond acceptors (Lipinski definition) is 9. The molecule has 4 atom stereocenters. The van der Waals surface area contributed by atoms with Gasteiger partial charge in [-0.3, -0.25) is 19.3 Å². The van der Waals surface area contributed by atoms with Gasteiger partial charge < -0.3 is 30.9 Å². The van der Waals surface area contributed by atoms with Gasteiger partial charge in [0.05, 0.1) is 12.7 Å². The standard InChI is InChI=1S/C30H38N2O8/c1-3-4-5-6-9-32-10-7-8-19(32)17-14-21(34)23-18(26(17)40-2)12-15-11-16-13-20(33)24(29(31)38)28(37)30(16,39)27(36)22(15)25(23)35/h14-16,19,34-35,37,39H,3-13H2,1-2H3,(H2,31,38)/t15?,16-,19-,30-/m0/s1. The second-order valence-corrected chi connectivity index (χ2v) is 11.5. The van der Waals surface area contributed by atoms with Crippen LogP contribution in [0, 0.1) is 11.8 Å². The van der Waals surface area contributed by atoms with Crippen LogP contribution in [-0.4, -0.2) is 68.6 Å². The molecule has 2 fully saturated rings. The highest BCUT2D eigenvalue weighted by Crippen LogP contribution is 2.54. The van der Waals surface area contributed by atoms with E-state index < -0.39 is 52.0 Å². The summed E-state index contributed by atoms with van der Waals surface area (Å²) in [6, 6.07) is 1.64. The molecule has 1 heterocycles. The Morgan fingerprint density at radius 3 is 2.60 bits per heavy atom. The number of rotatable bonds is 8. The van der Waals surface area contributed by atoms with Gasteiger partial charge in [0.2, 0.25) is 5.78 Å². The molecule has 10 heteroatoms. The summed E-state index contributed by atoms with van der Waals surface area (Å²) in [5.74, 6) is -5.81. The van der Waals surface area contributed by atoms with Crippen LogP contribution in [0.3, 0.4) is 0 Å². The maximum Gasteiger partial charge on any atom is 0.255 e. The van der Waals surface area contributed by atoms with Crippen LogP contribution in [0.1, 0.15) is 81.0 Å². The fraction of sp³-hybridized carbons (Fsp3) is 0.567. The molecule has 5 rings (SSSR count). The molecule has 1 aliphatic heterocycles. The maximum atomic E-state index is 13.7. The molecule has 0 spiro atoms. The molecule has 10 nitrogen and oxygen atoms in total. The highest BCUT2D eigenvalue weighted by Gasteiger charge is 2.60. The molecule has 216 valence electrons. The summed E-state index contributed by atoms with van der Waals surface area (Å²) in [5, 5.41) is 44.7. The Morgan fingerprint density at radius 1 is 1.18 bits per heavy atom. The number of phenols is 1. The number of hydrogen-bond donors (Lipinski definition) is 5. The second-order valence-electron chi connectivity index (χ2n) is 11.5. The van der Waals surface area contributed by atoms with Crippen molar-refractivity contribution >= 4 is 23.2 Å². The molecule has 6 N–H and O–H groups in total. The summed E-state index contributed by atoms with van der Waals surface area (Å²) >= 11 is 0. The first kappa shape index (κ1) is 28.2. The van der Waals surface area contributed by atoms with Crippen molar-refractivity contribution in [3.05, 3.63) is 39.7 Å². The molecule has 1 saturated carbocycles. The largest absolute Gasteiger partial charge is 0.508 e. The molecule has 1 aromatic rings. The number of aliphatic hydroxyl groups excluding tert-OH is 2. The highest BCUT2D eigenvalue weighted by molar-refractivity contribution is 6.22. The van der Waals surface area contributed by atoms with Gasteiger partial charge >= 0.3 is 0 Å². The van der Waals surface area contributed by atoms with Gasteiger partial charge in [-0.25, -0.2) is 0 Å². The van der Waals surface area contributed by atoms with E-state index in [0.29, 0.717) is 11.3 Å².